The average Bonchev–Trinajstić information content (AvgIpc) is 3.05. The molecule has 2 saturated heterocycles. The van der Waals surface area contributed by atoms with Gasteiger partial charge in [-0.2, -0.15) is 0 Å². The van der Waals surface area contributed by atoms with Crippen molar-refractivity contribution in [3.63, 3.8) is 0 Å². The number of likely N-dealkylation sites (tertiary alicyclic amines) is 1. The maximum Gasteiger partial charge on any atom is 0.408 e. The maximum atomic E-state index is 12.6. The van der Waals surface area contributed by atoms with Gasteiger partial charge in [-0.25, -0.2) is 4.79 Å². The molecule has 3 atom stereocenters. The molecule has 1 saturated carbocycles. The van der Waals surface area contributed by atoms with Crippen molar-refractivity contribution in [3.8, 4) is 0 Å². The standard InChI is InChI=1S/C21H38N2O5S2/c1-20(2,3)28-19(27)22-16(14-8-5-4-6-9-14)17(24)23-13-21(12-15(23)18(25)26)29-10-7-11-30-21/h14-18,24-26H,4-13H2,1-3H3,(H,22,27)/t15?,16?,17-/m1/s1. The molecule has 4 N–H and O–H groups in total. The van der Waals surface area contributed by atoms with Gasteiger partial charge in [0.15, 0.2) is 6.29 Å². The number of nitrogens with one attached hydrogen (secondary N) is 1. The summed E-state index contributed by atoms with van der Waals surface area (Å²) >= 11 is 3.72. The monoisotopic (exact) mass is 462 g/mol. The van der Waals surface area contributed by atoms with Gasteiger partial charge in [-0.1, -0.05) is 19.3 Å². The first kappa shape index (κ1) is 24.5. The van der Waals surface area contributed by atoms with Crippen molar-refractivity contribution in [1.82, 2.24) is 10.2 Å². The summed E-state index contributed by atoms with van der Waals surface area (Å²) in [6, 6.07) is -1.06. The molecule has 3 rings (SSSR count). The van der Waals surface area contributed by atoms with Gasteiger partial charge in [0.25, 0.3) is 0 Å². The van der Waals surface area contributed by atoms with Gasteiger partial charge < -0.3 is 25.4 Å². The molecule has 0 aromatic carbocycles. The number of thioether (sulfide) groups is 2. The number of ether oxygens (including phenoxy) is 1. The zero-order chi connectivity index (χ0) is 21.9. The third-order valence-corrected chi connectivity index (χ3v) is 9.57. The molecule has 1 spiro atoms. The van der Waals surface area contributed by atoms with Gasteiger partial charge in [-0.05, 0) is 63.9 Å². The van der Waals surface area contributed by atoms with Crippen LogP contribution in [0.25, 0.3) is 0 Å². The second-order valence-electron chi connectivity index (χ2n) is 9.80. The predicted molar refractivity (Wildman–Crippen MR) is 121 cm³/mol. The summed E-state index contributed by atoms with van der Waals surface area (Å²) in [4.78, 5) is 14.4. The number of amides is 1. The largest absolute Gasteiger partial charge is 0.444 e. The number of alkyl carbamates (subject to hydrolysis) is 1. The highest BCUT2D eigenvalue weighted by atomic mass is 32.2. The van der Waals surface area contributed by atoms with E-state index in [2.05, 4.69) is 5.32 Å². The van der Waals surface area contributed by atoms with E-state index >= 15 is 0 Å². The second-order valence-corrected chi connectivity index (χ2v) is 13.0. The van der Waals surface area contributed by atoms with Crippen molar-refractivity contribution in [1.29, 1.82) is 0 Å². The topological polar surface area (TPSA) is 102 Å². The van der Waals surface area contributed by atoms with Crippen LogP contribution in [0.5, 0.6) is 0 Å². The number of aliphatic hydroxyl groups is 3. The SMILES string of the molecule is CC(C)(C)OC(=O)NC(C1CCCCC1)[C@@H](O)N1CC2(CC1C(O)O)SCCCS2. The molecule has 0 aromatic heterocycles. The Morgan fingerprint density at radius 1 is 1.10 bits per heavy atom. The van der Waals surface area contributed by atoms with Gasteiger partial charge in [0.2, 0.25) is 0 Å². The Morgan fingerprint density at radius 3 is 2.30 bits per heavy atom. The van der Waals surface area contributed by atoms with Crippen molar-refractivity contribution >= 4 is 29.6 Å². The van der Waals surface area contributed by atoms with E-state index in [9.17, 15) is 20.1 Å². The van der Waals surface area contributed by atoms with Crippen molar-refractivity contribution < 1.29 is 24.9 Å². The fourth-order valence-electron chi connectivity index (χ4n) is 4.87. The summed E-state index contributed by atoms with van der Waals surface area (Å²) in [7, 11) is 0. The van der Waals surface area contributed by atoms with E-state index in [1.165, 1.54) is 6.42 Å². The highest BCUT2D eigenvalue weighted by Crippen LogP contribution is 2.51. The van der Waals surface area contributed by atoms with Gasteiger partial charge in [0.1, 0.15) is 11.8 Å². The zero-order valence-electron chi connectivity index (χ0n) is 18.4. The molecule has 3 aliphatic rings. The number of nitrogens with zero attached hydrogens (tertiary/aromatic N) is 1. The first-order chi connectivity index (χ1) is 14.1. The molecule has 1 amide bonds. The number of hydrogen-bond donors (Lipinski definition) is 4. The number of rotatable bonds is 5. The van der Waals surface area contributed by atoms with Crippen LogP contribution in [0.15, 0.2) is 0 Å². The lowest BCUT2D eigenvalue weighted by atomic mass is 9.83. The Labute approximate surface area is 188 Å². The first-order valence-corrected chi connectivity index (χ1v) is 13.1. The summed E-state index contributed by atoms with van der Waals surface area (Å²) in [6.07, 6.45) is 3.90. The predicted octanol–water partition coefficient (Wildman–Crippen LogP) is 2.73. The van der Waals surface area contributed by atoms with Crippen molar-refractivity contribution in [3.05, 3.63) is 0 Å². The summed E-state index contributed by atoms with van der Waals surface area (Å²) in [5, 5.41) is 34.6. The molecule has 0 bridgehead atoms. The number of aliphatic hydroxyl groups excluding tert-OH is 2. The summed E-state index contributed by atoms with van der Waals surface area (Å²) in [5.41, 5.74) is -0.622. The third-order valence-electron chi connectivity index (χ3n) is 6.23. The number of hydrogen-bond acceptors (Lipinski definition) is 8. The Morgan fingerprint density at radius 2 is 1.73 bits per heavy atom. The molecule has 9 heteroatoms. The Balaban J connectivity index is 1.79. The molecule has 0 aromatic rings. The van der Waals surface area contributed by atoms with Crippen LogP contribution < -0.4 is 5.32 Å². The second kappa shape index (κ2) is 10.2. The molecule has 30 heavy (non-hydrogen) atoms. The lowest BCUT2D eigenvalue weighted by molar-refractivity contribution is -0.135. The molecule has 0 radical (unpaired) electrons. The van der Waals surface area contributed by atoms with Crippen LogP contribution in [0.1, 0.15) is 65.7 Å². The van der Waals surface area contributed by atoms with Crippen molar-refractivity contribution in [2.45, 2.75) is 100.0 Å². The summed E-state index contributed by atoms with van der Waals surface area (Å²) in [6.45, 7) is 6.03. The average molecular weight is 463 g/mol. The minimum absolute atomic E-state index is 0.128. The van der Waals surface area contributed by atoms with Gasteiger partial charge in [-0.3, -0.25) is 4.90 Å². The maximum absolute atomic E-state index is 12.6. The lowest BCUT2D eigenvalue weighted by Crippen LogP contribution is -2.58. The normalized spacial score (nSPS) is 27.9. The molecule has 7 nitrogen and oxygen atoms in total. The Hall–Kier alpha value is -0.190. The lowest BCUT2D eigenvalue weighted by Gasteiger charge is -2.40. The molecule has 1 aliphatic carbocycles. The fraction of sp³-hybridized carbons (Fsp3) is 0.952. The Bertz CT molecular complexity index is 574. The molecular formula is C21H38N2O5S2. The van der Waals surface area contributed by atoms with Crippen LogP contribution in [0.2, 0.25) is 0 Å². The van der Waals surface area contributed by atoms with Crippen LogP contribution in [0.3, 0.4) is 0 Å². The van der Waals surface area contributed by atoms with Crippen LogP contribution in [0.4, 0.5) is 4.79 Å². The van der Waals surface area contributed by atoms with Crippen LogP contribution in [-0.4, -0.2) is 78.6 Å². The van der Waals surface area contributed by atoms with Gasteiger partial charge in [-0.15, -0.1) is 23.5 Å². The van der Waals surface area contributed by atoms with Crippen LogP contribution >= 0.6 is 23.5 Å². The van der Waals surface area contributed by atoms with E-state index in [-0.39, 0.29) is 10.00 Å². The third kappa shape index (κ3) is 6.19. The van der Waals surface area contributed by atoms with Gasteiger partial charge >= 0.3 is 6.09 Å². The smallest absolute Gasteiger partial charge is 0.408 e. The fourth-order valence-corrected chi connectivity index (χ4v) is 8.26. The first-order valence-electron chi connectivity index (χ1n) is 11.2. The molecule has 174 valence electrons. The summed E-state index contributed by atoms with van der Waals surface area (Å²) < 4.78 is 5.34. The Kier molecular flexibility index (Phi) is 8.29. The van der Waals surface area contributed by atoms with Crippen molar-refractivity contribution in [2.24, 2.45) is 5.92 Å². The highest BCUT2D eigenvalue weighted by Gasteiger charge is 2.52. The van der Waals surface area contributed by atoms with Crippen LogP contribution in [0, 0.1) is 5.92 Å². The molecular weight excluding hydrogens is 424 g/mol. The summed E-state index contributed by atoms with van der Waals surface area (Å²) in [5.74, 6) is 2.24. The number of carbonyl (C=O) groups excluding carboxylic acids is 1. The highest BCUT2D eigenvalue weighted by molar-refractivity contribution is 8.18. The van der Waals surface area contributed by atoms with Crippen molar-refractivity contribution in [2.75, 3.05) is 18.1 Å². The quantitative estimate of drug-likeness (QED) is 0.463. The zero-order valence-corrected chi connectivity index (χ0v) is 20.0. The number of carbonyl (C=O) groups is 1. The van der Waals surface area contributed by atoms with Crippen LogP contribution in [-0.2, 0) is 4.74 Å². The molecule has 2 unspecified atom stereocenters. The van der Waals surface area contributed by atoms with Gasteiger partial charge in [0.05, 0.1) is 16.2 Å². The van der Waals surface area contributed by atoms with E-state index in [1.807, 2.05) is 49.2 Å². The minimum atomic E-state index is -1.53. The van der Waals surface area contributed by atoms with E-state index < -0.39 is 36.3 Å². The van der Waals surface area contributed by atoms with E-state index in [0.717, 1.165) is 43.6 Å². The minimum Gasteiger partial charge on any atom is -0.444 e. The molecule has 2 aliphatic heterocycles. The molecule has 3 fully saturated rings. The molecule has 2 heterocycles. The van der Waals surface area contributed by atoms with Gasteiger partial charge in [0, 0.05) is 6.54 Å². The van der Waals surface area contributed by atoms with E-state index in [0.29, 0.717) is 13.0 Å². The van der Waals surface area contributed by atoms with E-state index in [1.54, 1.807) is 0 Å². The van der Waals surface area contributed by atoms with E-state index in [4.69, 9.17) is 4.74 Å².